The Bertz CT molecular complexity index is 668. The molecule has 0 saturated carbocycles. The second-order valence-electron chi connectivity index (χ2n) is 10.4. The highest BCUT2D eigenvalue weighted by atomic mass is 16.3. The van der Waals surface area contributed by atoms with Gasteiger partial charge in [-0.1, -0.05) is 36.0 Å². The van der Waals surface area contributed by atoms with E-state index in [0.29, 0.717) is 17.9 Å². The van der Waals surface area contributed by atoms with E-state index in [1.165, 1.54) is 83.8 Å². The summed E-state index contributed by atoms with van der Waals surface area (Å²) in [5, 5.41) is 11.4. The average molecular weight is 397 g/mol. The predicted molar refractivity (Wildman–Crippen MR) is 120 cm³/mol. The summed E-state index contributed by atoms with van der Waals surface area (Å²) in [7, 11) is 0. The van der Waals surface area contributed by atoms with Gasteiger partial charge in [0.15, 0.2) is 0 Å². The van der Waals surface area contributed by atoms with Gasteiger partial charge in [0.05, 0.1) is 6.10 Å². The number of hydrogen-bond donors (Lipinski definition) is 1. The van der Waals surface area contributed by atoms with Crippen molar-refractivity contribution < 1.29 is 5.11 Å². The molecule has 6 bridgehead atoms. The zero-order valence-electron chi connectivity index (χ0n) is 18.1. The van der Waals surface area contributed by atoms with E-state index >= 15 is 0 Å². The van der Waals surface area contributed by atoms with Crippen molar-refractivity contribution in [2.75, 3.05) is 32.7 Å². The second kappa shape index (κ2) is 8.69. The molecule has 7 atom stereocenters. The van der Waals surface area contributed by atoms with Crippen LogP contribution in [0.1, 0.15) is 64.2 Å². The van der Waals surface area contributed by atoms with Crippen molar-refractivity contribution in [2.24, 2.45) is 17.3 Å². The van der Waals surface area contributed by atoms with Crippen molar-refractivity contribution in [3.63, 3.8) is 0 Å². The standard InChI is InChI=1S/C26H40N2O/c29-23-19-27-15-11-7-4-2-6-10-14-26(20-27)24(23)22-17-21-13-9-5-1-3-8-12-16-28(18-22)25(21)26/h1-2,4-5,17,22-25,29H,3,6-16,18-20H2/b4-2-,5-1-/t22-,23-,24+,25-,26-/m0/s1. The highest BCUT2D eigenvalue weighted by molar-refractivity contribution is 5.31. The first-order chi connectivity index (χ1) is 14.3. The Morgan fingerprint density at radius 3 is 2.55 bits per heavy atom. The smallest absolute Gasteiger partial charge is 0.0707 e. The van der Waals surface area contributed by atoms with Gasteiger partial charge in [-0.25, -0.2) is 0 Å². The Morgan fingerprint density at radius 2 is 1.66 bits per heavy atom. The maximum Gasteiger partial charge on any atom is 0.0707 e. The van der Waals surface area contributed by atoms with E-state index in [1.54, 1.807) is 5.57 Å². The molecule has 29 heavy (non-hydrogen) atoms. The minimum Gasteiger partial charge on any atom is -0.391 e. The average Bonchev–Trinajstić information content (AvgIpc) is 2.76. The van der Waals surface area contributed by atoms with Crippen LogP contribution in [0.25, 0.3) is 0 Å². The van der Waals surface area contributed by atoms with Crippen LogP contribution >= 0.6 is 0 Å². The van der Waals surface area contributed by atoms with Gasteiger partial charge in [0.2, 0.25) is 0 Å². The summed E-state index contributed by atoms with van der Waals surface area (Å²) in [6.07, 6.45) is 24.6. The van der Waals surface area contributed by atoms with Crippen LogP contribution < -0.4 is 0 Å². The van der Waals surface area contributed by atoms with Crippen molar-refractivity contribution >= 4 is 0 Å². The topological polar surface area (TPSA) is 26.7 Å². The van der Waals surface area contributed by atoms with Crippen LogP contribution in [0.15, 0.2) is 36.0 Å². The fraction of sp³-hybridized carbons (Fsp3) is 0.769. The third-order valence-corrected chi connectivity index (χ3v) is 8.49. The lowest BCUT2D eigenvalue weighted by molar-refractivity contribution is -0.160. The molecule has 3 heteroatoms. The molecule has 0 radical (unpaired) electrons. The van der Waals surface area contributed by atoms with E-state index in [-0.39, 0.29) is 11.5 Å². The molecular weight excluding hydrogens is 356 g/mol. The van der Waals surface area contributed by atoms with Crippen LogP contribution in [0.3, 0.4) is 0 Å². The number of nitrogens with zero attached hydrogens (tertiary/aromatic N) is 2. The van der Waals surface area contributed by atoms with Crippen molar-refractivity contribution in [3.05, 3.63) is 36.0 Å². The number of rotatable bonds is 0. The zero-order chi connectivity index (χ0) is 19.7. The van der Waals surface area contributed by atoms with Crippen LogP contribution in [-0.4, -0.2) is 59.8 Å². The largest absolute Gasteiger partial charge is 0.391 e. The van der Waals surface area contributed by atoms with Gasteiger partial charge in [-0.15, -0.1) is 0 Å². The number of hydrogen-bond acceptors (Lipinski definition) is 3. The molecule has 0 aromatic carbocycles. The number of piperidine rings is 2. The summed E-state index contributed by atoms with van der Waals surface area (Å²) >= 11 is 0. The maximum absolute atomic E-state index is 11.4. The van der Waals surface area contributed by atoms with Gasteiger partial charge in [0, 0.05) is 37.0 Å². The zero-order valence-corrected chi connectivity index (χ0v) is 18.1. The fourth-order valence-corrected chi connectivity index (χ4v) is 7.58. The Morgan fingerprint density at radius 1 is 0.862 bits per heavy atom. The van der Waals surface area contributed by atoms with Crippen LogP contribution in [0.5, 0.6) is 0 Å². The lowest BCUT2D eigenvalue weighted by atomic mass is 9.51. The van der Waals surface area contributed by atoms with E-state index in [1.807, 2.05) is 0 Å². The normalized spacial score (nSPS) is 47.7. The SMILES string of the molecule is O[C@H]1CN2CCC/C=C\CCC[C@]3(C2)[C@@H]1[C@H]1C=C2CC/C=C\CCCCN(C1)[C@@H]23. The van der Waals surface area contributed by atoms with Gasteiger partial charge in [-0.05, 0) is 83.2 Å². The van der Waals surface area contributed by atoms with E-state index < -0.39 is 0 Å². The molecule has 5 aliphatic heterocycles. The Hall–Kier alpha value is -0.900. The third-order valence-electron chi connectivity index (χ3n) is 8.49. The fourth-order valence-electron chi connectivity index (χ4n) is 7.58. The predicted octanol–water partition coefficient (Wildman–Crippen LogP) is 4.55. The Labute approximate surface area is 177 Å². The van der Waals surface area contributed by atoms with Crippen molar-refractivity contribution in [1.29, 1.82) is 0 Å². The van der Waals surface area contributed by atoms with Gasteiger partial charge < -0.3 is 10.0 Å². The quantitative estimate of drug-likeness (QED) is 0.609. The second-order valence-corrected chi connectivity index (χ2v) is 10.4. The molecule has 0 aromatic rings. The summed E-state index contributed by atoms with van der Waals surface area (Å²) in [5.74, 6) is 1.02. The molecule has 6 rings (SSSR count). The van der Waals surface area contributed by atoms with Crippen LogP contribution in [0.2, 0.25) is 0 Å². The molecule has 0 aromatic heterocycles. The maximum atomic E-state index is 11.4. The van der Waals surface area contributed by atoms with Crippen molar-refractivity contribution in [1.82, 2.24) is 9.80 Å². The number of allylic oxidation sites excluding steroid dienone is 4. The molecule has 1 aliphatic carbocycles. The number of fused-ring (bicyclic) bond motifs is 1. The van der Waals surface area contributed by atoms with Crippen molar-refractivity contribution in [2.45, 2.75) is 76.4 Å². The molecule has 160 valence electrons. The molecule has 6 aliphatic rings. The lowest BCUT2D eigenvalue weighted by Gasteiger charge is -2.65. The molecule has 2 fully saturated rings. The van der Waals surface area contributed by atoms with Gasteiger partial charge in [0.25, 0.3) is 0 Å². The summed E-state index contributed by atoms with van der Waals surface area (Å²) in [6.45, 7) is 5.68. The van der Waals surface area contributed by atoms with Gasteiger partial charge in [0.1, 0.15) is 0 Å². The highest BCUT2D eigenvalue weighted by Crippen LogP contribution is 2.57. The highest BCUT2D eigenvalue weighted by Gasteiger charge is 2.61. The van der Waals surface area contributed by atoms with Crippen molar-refractivity contribution in [3.8, 4) is 0 Å². The molecule has 5 heterocycles. The molecule has 2 saturated heterocycles. The number of aliphatic hydroxyl groups excluding tert-OH is 1. The monoisotopic (exact) mass is 396 g/mol. The van der Waals surface area contributed by atoms with Crippen LogP contribution in [-0.2, 0) is 0 Å². The van der Waals surface area contributed by atoms with Gasteiger partial charge in [-0.3, -0.25) is 4.90 Å². The van der Waals surface area contributed by atoms with Gasteiger partial charge in [-0.2, -0.15) is 0 Å². The summed E-state index contributed by atoms with van der Waals surface area (Å²) in [5.41, 5.74) is 1.96. The lowest BCUT2D eigenvalue weighted by Crippen LogP contribution is -2.72. The van der Waals surface area contributed by atoms with E-state index in [0.717, 1.165) is 13.1 Å². The van der Waals surface area contributed by atoms with Gasteiger partial charge >= 0.3 is 0 Å². The minimum absolute atomic E-state index is 0.152. The molecule has 2 unspecified atom stereocenters. The first-order valence-electron chi connectivity index (χ1n) is 12.4. The molecule has 1 N–H and O–H groups in total. The molecular formula is C26H40N2O. The van der Waals surface area contributed by atoms with Crippen LogP contribution in [0.4, 0.5) is 0 Å². The Balaban J connectivity index is 1.53. The Kier molecular flexibility index (Phi) is 6.00. The minimum atomic E-state index is -0.152. The molecule has 1 spiro atoms. The molecule has 0 amide bonds. The molecule has 3 nitrogen and oxygen atoms in total. The van der Waals surface area contributed by atoms with E-state index in [9.17, 15) is 5.11 Å². The third kappa shape index (κ3) is 3.79. The summed E-state index contributed by atoms with van der Waals surface area (Å²) in [6, 6.07) is 0.561. The first kappa shape index (κ1) is 20.0. The first-order valence-corrected chi connectivity index (χ1v) is 12.4. The van der Waals surface area contributed by atoms with Crippen LogP contribution in [0, 0.1) is 17.3 Å². The summed E-state index contributed by atoms with van der Waals surface area (Å²) < 4.78 is 0. The van der Waals surface area contributed by atoms with E-state index in [4.69, 9.17) is 0 Å². The summed E-state index contributed by atoms with van der Waals surface area (Å²) in [4.78, 5) is 5.50. The van der Waals surface area contributed by atoms with E-state index in [2.05, 4.69) is 40.2 Å². The number of aliphatic hydroxyl groups is 1.